The van der Waals surface area contributed by atoms with Crippen LogP contribution in [0.1, 0.15) is 65.2 Å². The first-order valence-electron chi connectivity index (χ1n) is 5.84. The summed E-state index contributed by atoms with van der Waals surface area (Å²) in [6.07, 6.45) is 11.8. The van der Waals surface area contributed by atoms with Crippen molar-refractivity contribution in [1.82, 2.24) is 0 Å². The molecule has 0 aromatic rings. The molecule has 0 saturated heterocycles. The van der Waals surface area contributed by atoms with Gasteiger partial charge in [0.1, 0.15) is 0 Å². The highest BCUT2D eigenvalue weighted by Gasteiger charge is 2.17. The maximum absolute atomic E-state index is 2.46. The van der Waals surface area contributed by atoms with Crippen molar-refractivity contribution in [3.63, 3.8) is 0 Å². The molecule has 0 amide bonds. The lowest BCUT2D eigenvalue weighted by molar-refractivity contribution is 0.264. The standard InChI is InChI=1S/C12H24/c1-3-8-12-10-7-5-4-6-9-11(12)2/h11-12H,3-10H2,1-2H3. The van der Waals surface area contributed by atoms with E-state index >= 15 is 0 Å². The third-order valence-electron chi connectivity index (χ3n) is 3.45. The Morgan fingerprint density at radius 1 is 1.00 bits per heavy atom. The van der Waals surface area contributed by atoms with E-state index in [4.69, 9.17) is 0 Å². The Hall–Kier alpha value is 0. The summed E-state index contributed by atoms with van der Waals surface area (Å²) in [6.45, 7) is 4.79. The minimum absolute atomic E-state index is 1.00. The van der Waals surface area contributed by atoms with Gasteiger partial charge in [-0.25, -0.2) is 0 Å². The molecule has 0 N–H and O–H groups in total. The summed E-state index contributed by atoms with van der Waals surface area (Å²) in [5, 5.41) is 0. The van der Waals surface area contributed by atoms with Gasteiger partial charge in [0.15, 0.2) is 0 Å². The quantitative estimate of drug-likeness (QED) is 0.573. The van der Waals surface area contributed by atoms with Gasteiger partial charge in [-0.2, -0.15) is 0 Å². The number of hydrogen-bond donors (Lipinski definition) is 0. The molecule has 1 saturated carbocycles. The fourth-order valence-electron chi connectivity index (χ4n) is 2.55. The fourth-order valence-corrected chi connectivity index (χ4v) is 2.55. The molecule has 2 atom stereocenters. The van der Waals surface area contributed by atoms with Crippen molar-refractivity contribution in [2.75, 3.05) is 0 Å². The largest absolute Gasteiger partial charge is 0.0654 e. The molecule has 0 heteroatoms. The lowest BCUT2D eigenvalue weighted by atomic mass is 9.80. The minimum Gasteiger partial charge on any atom is -0.0654 e. The van der Waals surface area contributed by atoms with Crippen molar-refractivity contribution in [1.29, 1.82) is 0 Å². The van der Waals surface area contributed by atoms with Gasteiger partial charge in [-0.1, -0.05) is 65.2 Å². The normalized spacial score (nSPS) is 32.5. The van der Waals surface area contributed by atoms with Crippen LogP contribution in [0, 0.1) is 11.8 Å². The number of rotatable bonds is 2. The molecule has 0 spiro atoms. The molecule has 0 aromatic heterocycles. The summed E-state index contributed by atoms with van der Waals surface area (Å²) in [7, 11) is 0. The molecule has 1 aliphatic carbocycles. The lowest BCUT2D eigenvalue weighted by Crippen LogP contribution is -2.13. The van der Waals surface area contributed by atoms with E-state index < -0.39 is 0 Å². The molecule has 0 radical (unpaired) electrons. The van der Waals surface area contributed by atoms with Crippen LogP contribution in [0.4, 0.5) is 0 Å². The predicted octanol–water partition coefficient (Wildman–Crippen LogP) is 4.39. The Labute approximate surface area is 77.7 Å². The summed E-state index contributed by atoms with van der Waals surface area (Å²) in [6, 6.07) is 0. The van der Waals surface area contributed by atoms with Crippen LogP contribution in [0.2, 0.25) is 0 Å². The maximum atomic E-state index is 2.46. The lowest BCUT2D eigenvalue weighted by Gasteiger charge is -2.25. The van der Waals surface area contributed by atoms with Gasteiger partial charge < -0.3 is 0 Å². The van der Waals surface area contributed by atoms with Crippen molar-refractivity contribution in [2.24, 2.45) is 11.8 Å². The van der Waals surface area contributed by atoms with Gasteiger partial charge in [0.2, 0.25) is 0 Å². The van der Waals surface area contributed by atoms with E-state index in [1.54, 1.807) is 0 Å². The molecule has 0 heterocycles. The van der Waals surface area contributed by atoms with Crippen molar-refractivity contribution < 1.29 is 0 Å². The predicted molar refractivity (Wildman–Crippen MR) is 55.3 cm³/mol. The first kappa shape index (κ1) is 10.1. The Morgan fingerprint density at radius 2 is 1.67 bits per heavy atom. The van der Waals surface area contributed by atoms with Crippen LogP contribution in [0.25, 0.3) is 0 Å². The van der Waals surface area contributed by atoms with Crippen LogP contribution >= 0.6 is 0 Å². The molecule has 1 aliphatic rings. The van der Waals surface area contributed by atoms with Gasteiger partial charge in [-0.05, 0) is 11.8 Å². The maximum Gasteiger partial charge on any atom is -0.0389 e. The molecule has 1 rings (SSSR count). The second kappa shape index (κ2) is 5.61. The second-order valence-corrected chi connectivity index (χ2v) is 4.52. The Kier molecular flexibility index (Phi) is 4.72. The molecular weight excluding hydrogens is 144 g/mol. The Morgan fingerprint density at radius 3 is 2.33 bits per heavy atom. The highest BCUT2D eigenvalue weighted by Crippen LogP contribution is 2.30. The second-order valence-electron chi connectivity index (χ2n) is 4.52. The molecule has 0 nitrogen and oxygen atoms in total. The van der Waals surface area contributed by atoms with Gasteiger partial charge in [-0.15, -0.1) is 0 Å². The van der Waals surface area contributed by atoms with Crippen LogP contribution in [-0.2, 0) is 0 Å². The van der Waals surface area contributed by atoms with E-state index in [-0.39, 0.29) is 0 Å². The third kappa shape index (κ3) is 3.16. The molecule has 1 fully saturated rings. The van der Waals surface area contributed by atoms with Crippen molar-refractivity contribution in [3.8, 4) is 0 Å². The van der Waals surface area contributed by atoms with E-state index in [1.807, 2.05) is 0 Å². The first-order chi connectivity index (χ1) is 5.84. The Balaban J connectivity index is 2.32. The number of hydrogen-bond acceptors (Lipinski definition) is 0. The monoisotopic (exact) mass is 168 g/mol. The molecular formula is C12H24. The Bertz CT molecular complexity index is 107. The van der Waals surface area contributed by atoms with Crippen LogP contribution in [0.5, 0.6) is 0 Å². The highest BCUT2D eigenvalue weighted by molar-refractivity contribution is 4.69. The molecule has 0 bridgehead atoms. The smallest absolute Gasteiger partial charge is 0.0389 e. The molecule has 72 valence electrons. The van der Waals surface area contributed by atoms with Crippen molar-refractivity contribution >= 4 is 0 Å². The first-order valence-corrected chi connectivity index (χ1v) is 5.84. The van der Waals surface area contributed by atoms with Gasteiger partial charge in [0, 0.05) is 0 Å². The van der Waals surface area contributed by atoms with Gasteiger partial charge in [0.25, 0.3) is 0 Å². The topological polar surface area (TPSA) is 0 Å². The van der Waals surface area contributed by atoms with Gasteiger partial charge in [0.05, 0.1) is 0 Å². The fraction of sp³-hybridized carbons (Fsp3) is 1.00. The molecule has 2 unspecified atom stereocenters. The van der Waals surface area contributed by atoms with Gasteiger partial charge >= 0.3 is 0 Å². The SMILES string of the molecule is CCCC1CCCCCCC1C. The van der Waals surface area contributed by atoms with Crippen molar-refractivity contribution in [3.05, 3.63) is 0 Å². The highest BCUT2D eigenvalue weighted by atomic mass is 14.2. The average Bonchev–Trinajstić information content (AvgIpc) is 2.05. The zero-order valence-corrected chi connectivity index (χ0v) is 8.81. The summed E-state index contributed by atoms with van der Waals surface area (Å²) >= 11 is 0. The van der Waals surface area contributed by atoms with E-state index in [0.717, 1.165) is 11.8 Å². The summed E-state index contributed by atoms with van der Waals surface area (Å²) in [5.74, 6) is 2.06. The summed E-state index contributed by atoms with van der Waals surface area (Å²) < 4.78 is 0. The van der Waals surface area contributed by atoms with E-state index in [9.17, 15) is 0 Å². The molecule has 0 aliphatic heterocycles. The zero-order valence-electron chi connectivity index (χ0n) is 8.81. The van der Waals surface area contributed by atoms with Crippen LogP contribution in [0.15, 0.2) is 0 Å². The average molecular weight is 168 g/mol. The van der Waals surface area contributed by atoms with Crippen LogP contribution in [-0.4, -0.2) is 0 Å². The van der Waals surface area contributed by atoms with Crippen LogP contribution < -0.4 is 0 Å². The van der Waals surface area contributed by atoms with Crippen LogP contribution in [0.3, 0.4) is 0 Å². The third-order valence-corrected chi connectivity index (χ3v) is 3.45. The molecule has 0 aromatic carbocycles. The van der Waals surface area contributed by atoms with E-state index in [1.165, 1.54) is 51.4 Å². The zero-order chi connectivity index (χ0) is 8.81. The van der Waals surface area contributed by atoms with Crippen molar-refractivity contribution in [2.45, 2.75) is 65.2 Å². The van der Waals surface area contributed by atoms with E-state index in [2.05, 4.69) is 13.8 Å². The summed E-state index contributed by atoms with van der Waals surface area (Å²) in [4.78, 5) is 0. The van der Waals surface area contributed by atoms with Gasteiger partial charge in [-0.3, -0.25) is 0 Å². The molecule has 12 heavy (non-hydrogen) atoms. The minimum atomic E-state index is 1.00. The van der Waals surface area contributed by atoms with E-state index in [0.29, 0.717) is 0 Å². The summed E-state index contributed by atoms with van der Waals surface area (Å²) in [5.41, 5.74) is 0.